The average molecular weight is 398 g/mol. The average Bonchev–Trinajstić information content (AvgIpc) is 2.73. The molecule has 150 valence electrons. The van der Waals surface area contributed by atoms with Crippen LogP contribution in [0.4, 0.5) is 0 Å². The van der Waals surface area contributed by atoms with Gasteiger partial charge in [0, 0.05) is 29.7 Å². The van der Waals surface area contributed by atoms with Crippen molar-refractivity contribution in [3.05, 3.63) is 94.5 Å². The van der Waals surface area contributed by atoms with Gasteiger partial charge in [-0.1, -0.05) is 39.0 Å². The molecule has 0 saturated heterocycles. The second kappa shape index (κ2) is 7.26. The molecule has 0 saturated carbocycles. The fourth-order valence-corrected chi connectivity index (χ4v) is 3.54. The van der Waals surface area contributed by atoms with Gasteiger partial charge in [0.25, 0.3) is 0 Å². The van der Waals surface area contributed by atoms with Gasteiger partial charge in [-0.05, 0) is 58.5 Å². The molecular formula is C25H22N2O3. The van der Waals surface area contributed by atoms with E-state index in [1.807, 2.05) is 48.5 Å². The van der Waals surface area contributed by atoms with Crippen molar-refractivity contribution in [1.82, 2.24) is 9.55 Å². The van der Waals surface area contributed by atoms with Crippen molar-refractivity contribution in [2.75, 3.05) is 0 Å². The number of hydrogen-bond donors (Lipinski definition) is 1. The highest BCUT2D eigenvalue weighted by molar-refractivity contribution is 5.94. The van der Waals surface area contributed by atoms with E-state index in [0.717, 1.165) is 16.8 Å². The molecule has 0 aliphatic heterocycles. The molecule has 2 heterocycles. The van der Waals surface area contributed by atoms with Gasteiger partial charge in [0.1, 0.15) is 5.56 Å². The van der Waals surface area contributed by atoms with Crippen LogP contribution in [0.1, 0.15) is 36.7 Å². The fraction of sp³-hybridized carbons (Fsp3) is 0.160. The number of nitrogens with zero attached hydrogens (tertiary/aromatic N) is 2. The zero-order valence-corrected chi connectivity index (χ0v) is 17.1. The summed E-state index contributed by atoms with van der Waals surface area (Å²) in [5.74, 6) is -1.24. The smallest absolute Gasteiger partial charge is 0.341 e. The Labute approximate surface area is 174 Å². The lowest BCUT2D eigenvalue weighted by molar-refractivity contribution is 0.0695. The summed E-state index contributed by atoms with van der Waals surface area (Å²) >= 11 is 0. The maximum Gasteiger partial charge on any atom is 0.341 e. The molecule has 0 fully saturated rings. The second-order valence-corrected chi connectivity index (χ2v) is 8.31. The standard InChI is InChI=1S/C25H22N2O3/c1-25(2,3)18-5-7-19(8-6-18)27-15-21(24(29)30)23(28)20-9-4-17(14-22(20)27)16-10-12-26-13-11-16/h4-15H,1-3H3,(H,29,30). The normalized spacial score (nSPS) is 11.6. The van der Waals surface area contributed by atoms with Crippen LogP contribution >= 0.6 is 0 Å². The van der Waals surface area contributed by atoms with Gasteiger partial charge in [-0.15, -0.1) is 0 Å². The first-order chi connectivity index (χ1) is 14.3. The van der Waals surface area contributed by atoms with Gasteiger partial charge in [0.15, 0.2) is 0 Å². The molecular weight excluding hydrogens is 376 g/mol. The highest BCUT2D eigenvalue weighted by Crippen LogP contribution is 2.27. The Morgan fingerprint density at radius 3 is 2.20 bits per heavy atom. The molecule has 0 atom stereocenters. The summed E-state index contributed by atoms with van der Waals surface area (Å²) in [6.07, 6.45) is 4.84. The topological polar surface area (TPSA) is 72.2 Å². The lowest BCUT2D eigenvalue weighted by Gasteiger charge is -2.20. The van der Waals surface area contributed by atoms with Crippen molar-refractivity contribution in [2.24, 2.45) is 0 Å². The van der Waals surface area contributed by atoms with Gasteiger partial charge in [-0.25, -0.2) is 4.79 Å². The number of carboxylic acids is 1. The minimum absolute atomic E-state index is 0.00484. The van der Waals surface area contributed by atoms with Gasteiger partial charge >= 0.3 is 5.97 Å². The van der Waals surface area contributed by atoms with Crippen molar-refractivity contribution < 1.29 is 9.90 Å². The van der Waals surface area contributed by atoms with Crippen LogP contribution in [0.25, 0.3) is 27.7 Å². The minimum Gasteiger partial charge on any atom is -0.477 e. The Morgan fingerprint density at radius 1 is 0.933 bits per heavy atom. The summed E-state index contributed by atoms with van der Waals surface area (Å²) in [5, 5.41) is 9.93. The number of rotatable bonds is 3. The Bertz CT molecular complexity index is 1300. The Balaban J connectivity index is 1.99. The number of hydrogen-bond acceptors (Lipinski definition) is 3. The van der Waals surface area contributed by atoms with Crippen molar-refractivity contribution in [2.45, 2.75) is 26.2 Å². The van der Waals surface area contributed by atoms with E-state index in [0.29, 0.717) is 10.9 Å². The van der Waals surface area contributed by atoms with Crippen LogP contribution in [0, 0.1) is 0 Å². The molecule has 0 radical (unpaired) electrons. The summed E-state index contributed by atoms with van der Waals surface area (Å²) in [5.41, 5.74) is 3.78. The highest BCUT2D eigenvalue weighted by atomic mass is 16.4. The molecule has 0 amide bonds. The Kier molecular flexibility index (Phi) is 4.74. The number of carbonyl (C=O) groups is 1. The molecule has 4 aromatic rings. The van der Waals surface area contributed by atoms with Crippen molar-refractivity contribution in [1.29, 1.82) is 0 Å². The van der Waals surface area contributed by atoms with E-state index >= 15 is 0 Å². The van der Waals surface area contributed by atoms with Crippen LogP contribution in [0.15, 0.2) is 78.0 Å². The summed E-state index contributed by atoms with van der Waals surface area (Å²) < 4.78 is 1.78. The number of aromatic carboxylic acids is 1. The molecule has 0 aliphatic rings. The lowest BCUT2D eigenvalue weighted by atomic mass is 9.87. The molecule has 0 unspecified atom stereocenters. The first-order valence-electron chi connectivity index (χ1n) is 9.70. The maximum atomic E-state index is 12.8. The fourth-order valence-electron chi connectivity index (χ4n) is 3.54. The quantitative estimate of drug-likeness (QED) is 0.524. The minimum atomic E-state index is -1.24. The van der Waals surface area contributed by atoms with E-state index in [-0.39, 0.29) is 11.0 Å². The van der Waals surface area contributed by atoms with E-state index in [4.69, 9.17) is 0 Å². The number of benzene rings is 2. The van der Waals surface area contributed by atoms with Crippen LogP contribution < -0.4 is 5.43 Å². The number of fused-ring (bicyclic) bond motifs is 1. The van der Waals surface area contributed by atoms with Crippen LogP contribution in [-0.2, 0) is 5.41 Å². The van der Waals surface area contributed by atoms with E-state index in [2.05, 4.69) is 25.8 Å². The molecule has 2 aromatic heterocycles. The molecule has 2 aromatic carbocycles. The first-order valence-corrected chi connectivity index (χ1v) is 9.70. The molecule has 5 heteroatoms. The molecule has 1 N–H and O–H groups in total. The third-order valence-electron chi connectivity index (χ3n) is 5.26. The lowest BCUT2D eigenvalue weighted by Crippen LogP contribution is -2.18. The van der Waals surface area contributed by atoms with E-state index < -0.39 is 11.4 Å². The highest BCUT2D eigenvalue weighted by Gasteiger charge is 2.17. The zero-order valence-electron chi connectivity index (χ0n) is 17.1. The molecule has 0 aliphatic carbocycles. The number of aromatic nitrogens is 2. The van der Waals surface area contributed by atoms with Crippen molar-refractivity contribution >= 4 is 16.9 Å². The summed E-state index contributed by atoms with van der Waals surface area (Å²) in [6.45, 7) is 6.42. The van der Waals surface area contributed by atoms with Crippen molar-refractivity contribution in [3.8, 4) is 16.8 Å². The Hall–Kier alpha value is -3.73. The number of carboxylic acid groups (broad SMARTS) is 1. The van der Waals surface area contributed by atoms with Crippen LogP contribution in [0.3, 0.4) is 0 Å². The molecule has 0 spiro atoms. The van der Waals surface area contributed by atoms with Gasteiger partial charge in [0.2, 0.25) is 5.43 Å². The summed E-state index contributed by atoms with van der Waals surface area (Å²) in [7, 11) is 0. The molecule has 4 rings (SSSR count). The predicted octanol–water partition coefficient (Wildman–Crippen LogP) is 5.05. The molecule has 0 bridgehead atoms. The van der Waals surface area contributed by atoms with Gasteiger partial charge in [-0.2, -0.15) is 0 Å². The van der Waals surface area contributed by atoms with E-state index in [9.17, 15) is 14.7 Å². The summed E-state index contributed by atoms with van der Waals surface area (Å²) in [4.78, 5) is 28.5. The van der Waals surface area contributed by atoms with Crippen LogP contribution in [0.2, 0.25) is 0 Å². The Morgan fingerprint density at radius 2 is 1.60 bits per heavy atom. The SMILES string of the molecule is CC(C)(C)c1ccc(-n2cc(C(=O)O)c(=O)c3ccc(-c4ccncc4)cc32)cc1. The van der Waals surface area contributed by atoms with E-state index in [1.54, 1.807) is 23.0 Å². The van der Waals surface area contributed by atoms with Crippen LogP contribution in [-0.4, -0.2) is 20.6 Å². The second-order valence-electron chi connectivity index (χ2n) is 8.31. The van der Waals surface area contributed by atoms with E-state index in [1.165, 1.54) is 11.8 Å². The monoisotopic (exact) mass is 398 g/mol. The van der Waals surface area contributed by atoms with Crippen LogP contribution in [0.5, 0.6) is 0 Å². The third-order valence-corrected chi connectivity index (χ3v) is 5.26. The molecule has 5 nitrogen and oxygen atoms in total. The van der Waals surface area contributed by atoms with Gasteiger partial charge in [0.05, 0.1) is 5.52 Å². The predicted molar refractivity (Wildman–Crippen MR) is 118 cm³/mol. The van der Waals surface area contributed by atoms with Gasteiger partial charge < -0.3 is 9.67 Å². The zero-order chi connectivity index (χ0) is 21.5. The van der Waals surface area contributed by atoms with Gasteiger partial charge in [-0.3, -0.25) is 9.78 Å². The maximum absolute atomic E-state index is 12.8. The number of pyridine rings is 2. The first kappa shape index (κ1) is 19.6. The molecule has 30 heavy (non-hydrogen) atoms. The summed E-state index contributed by atoms with van der Waals surface area (Å²) in [6, 6.07) is 17.2. The largest absolute Gasteiger partial charge is 0.477 e. The third kappa shape index (κ3) is 3.50. The van der Waals surface area contributed by atoms with Crippen molar-refractivity contribution in [3.63, 3.8) is 0 Å².